The van der Waals surface area contributed by atoms with Crippen molar-refractivity contribution in [3.8, 4) is 0 Å². The van der Waals surface area contributed by atoms with Crippen molar-refractivity contribution in [3.63, 3.8) is 0 Å². The third-order valence-corrected chi connectivity index (χ3v) is 4.49. The Bertz CT molecular complexity index is 482. The molecule has 1 aromatic rings. The van der Waals surface area contributed by atoms with Gasteiger partial charge in [0.05, 0.1) is 5.56 Å². The molecule has 2 unspecified atom stereocenters. The van der Waals surface area contributed by atoms with E-state index in [0.717, 1.165) is 23.1 Å². The molecule has 0 spiro atoms. The standard InChI is InChI=1S/C17H25NO2/c1-11(2)13-5-4-6-15(10-13)18-16-8-7-14(17(19)20)9-12(16)3/h7-9,11,13,15,18H,4-6,10H2,1-3H3,(H,19,20). The average Bonchev–Trinajstić information content (AvgIpc) is 2.41. The van der Waals surface area contributed by atoms with E-state index in [1.165, 1.54) is 25.7 Å². The first-order valence-electron chi connectivity index (χ1n) is 7.58. The van der Waals surface area contributed by atoms with Gasteiger partial charge in [-0.15, -0.1) is 0 Å². The van der Waals surface area contributed by atoms with Crippen LogP contribution in [0.2, 0.25) is 0 Å². The van der Waals surface area contributed by atoms with Crippen LogP contribution in [-0.2, 0) is 0 Å². The van der Waals surface area contributed by atoms with Crippen LogP contribution in [0, 0.1) is 18.8 Å². The molecule has 0 heterocycles. The molecule has 2 N–H and O–H groups in total. The number of aromatic carboxylic acids is 1. The van der Waals surface area contributed by atoms with Crippen LogP contribution in [0.3, 0.4) is 0 Å². The zero-order valence-electron chi connectivity index (χ0n) is 12.6. The zero-order chi connectivity index (χ0) is 14.7. The highest BCUT2D eigenvalue weighted by Gasteiger charge is 2.24. The van der Waals surface area contributed by atoms with Crippen LogP contribution in [0.15, 0.2) is 18.2 Å². The fourth-order valence-electron chi connectivity index (χ4n) is 3.14. The SMILES string of the molecule is Cc1cc(C(=O)O)ccc1NC1CCCC(C(C)C)C1. The lowest BCUT2D eigenvalue weighted by molar-refractivity contribution is 0.0697. The molecule has 3 nitrogen and oxygen atoms in total. The van der Waals surface area contributed by atoms with Gasteiger partial charge in [-0.1, -0.05) is 26.7 Å². The number of hydrogen-bond acceptors (Lipinski definition) is 2. The van der Waals surface area contributed by atoms with Gasteiger partial charge in [-0.2, -0.15) is 0 Å². The second-order valence-electron chi connectivity index (χ2n) is 6.35. The number of carboxylic acid groups (broad SMARTS) is 1. The summed E-state index contributed by atoms with van der Waals surface area (Å²) in [5.41, 5.74) is 2.44. The molecular weight excluding hydrogens is 250 g/mol. The minimum atomic E-state index is -0.864. The number of nitrogens with one attached hydrogen (secondary N) is 1. The van der Waals surface area contributed by atoms with Gasteiger partial charge in [0.1, 0.15) is 0 Å². The number of carboxylic acids is 1. The van der Waals surface area contributed by atoms with Crippen LogP contribution in [0.25, 0.3) is 0 Å². The number of anilines is 1. The summed E-state index contributed by atoms with van der Waals surface area (Å²) < 4.78 is 0. The molecule has 1 fully saturated rings. The monoisotopic (exact) mass is 275 g/mol. The van der Waals surface area contributed by atoms with Gasteiger partial charge in [-0.3, -0.25) is 0 Å². The maximum Gasteiger partial charge on any atom is 0.335 e. The zero-order valence-corrected chi connectivity index (χ0v) is 12.6. The van der Waals surface area contributed by atoms with E-state index in [1.54, 1.807) is 12.1 Å². The van der Waals surface area contributed by atoms with Crippen molar-refractivity contribution in [2.75, 3.05) is 5.32 Å². The summed E-state index contributed by atoms with van der Waals surface area (Å²) in [6.45, 7) is 6.58. The molecule has 1 saturated carbocycles. The Morgan fingerprint density at radius 3 is 2.70 bits per heavy atom. The van der Waals surface area contributed by atoms with E-state index in [1.807, 2.05) is 13.0 Å². The van der Waals surface area contributed by atoms with Crippen molar-refractivity contribution < 1.29 is 9.90 Å². The predicted molar refractivity (Wildman–Crippen MR) is 82.3 cm³/mol. The number of benzene rings is 1. The van der Waals surface area contributed by atoms with Crippen LogP contribution < -0.4 is 5.32 Å². The molecule has 3 heteroatoms. The highest BCUT2D eigenvalue weighted by atomic mass is 16.4. The molecule has 110 valence electrons. The molecule has 2 rings (SSSR count). The third kappa shape index (κ3) is 3.53. The Morgan fingerprint density at radius 1 is 1.35 bits per heavy atom. The summed E-state index contributed by atoms with van der Waals surface area (Å²) in [6, 6.07) is 5.84. The molecule has 0 bridgehead atoms. The van der Waals surface area contributed by atoms with Gasteiger partial charge in [-0.25, -0.2) is 4.79 Å². The first-order chi connectivity index (χ1) is 9.47. The quantitative estimate of drug-likeness (QED) is 0.860. The Labute approximate surface area is 121 Å². The van der Waals surface area contributed by atoms with Crippen molar-refractivity contribution in [3.05, 3.63) is 29.3 Å². The molecular formula is C17H25NO2. The van der Waals surface area contributed by atoms with Crippen LogP contribution >= 0.6 is 0 Å². The first-order valence-corrected chi connectivity index (χ1v) is 7.58. The van der Waals surface area contributed by atoms with Crippen LogP contribution in [0.4, 0.5) is 5.69 Å². The first kappa shape index (κ1) is 14.9. The minimum absolute atomic E-state index is 0.358. The van der Waals surface area contributed by atoms with E-state index < -0.39 is 5.97 Å². The summed E-state index contributed by atoms with van der Waals surface area (Å²) in [7, 11) is 0. The Morgan fingerprint density at radius 2 is 2.10 bits per heavy atom. The van der Waals surface area contributed by atoms with Crippen LogP contribution in [0.1, 0.15) is 55.5 Å². The largest absolute Gasteiger partial charge is 0.478 e. The molecule has 2 atom stereocenters. The van der Waals surface area contributed by atoms with Gasteiger partial charge in [0.25, 0.3) is 0 Å². The van der Waals surface area contributed by atoms with Gasteiger partial charge in [0.15, 0.2) is 0 Å². The van der Waals surface area contributed by atoms with Gasteiger partial charge in [0.2, 0.25) is 0 Å². The molecule has 0 saturated heterocycles. The van der Waals surface area contributed by atoms with Gasteiger partial charge in [-0.05, 0) is 55.4 Å². The Hall–Kier alpha value is -1.51. The van der Waals surface area contributed by atoms with Crippen molar-refractivity contribution in [2.45, 2.75) is 52.5 Å². The topological polar surface area (TPSA) is 49.3 Å². The molecule has 1 aliphatic rings. The molecule has 0 amide bonds. The number of hydrogen-bond donors (Lipinski definition) is 2. The maximum atomic E-state index is 11.0. The van der Waals surface area contributed by atoms with E-state index in [-0.39, 0.29) is 0 Å². The van der Waals surface area contributed by atoms with Crippen LogP contribution in [0.5, 0.6) is 0 Å². The summed E-state index contributed by atoms with van der Waals surface area (Å²) in [6.07, 6.45) is 5.06. The molecule has 20 heavy (non-hydrogen) atoms. The second-order valence-corrected chi connectivity index (χ2v) is 6.35. The highest BCUT2D eigenvalue weighted by Crippen LogP contribution is 2.32. The highest BCUT2D eigenvalue weighted by molar-refractivity contribution is 5.88. The summed E-state index contributed by atoms with van der Waals surface area (Å²) in [5.74, 6) is 0.687. The Balaban J connectivity index is 2.04. The fraction of sp³-hybridized carbons (Fsp3) is 0.588. The Kier molecular flexibility index (Phi) is 4.69. The second kappa shape index (κ2) is 6.29. The van der Waals surface area contributed by atoms with Crippen LogP contribution in [-0.4, -0.2) is 17.1 Å². The maximum absolute atomic E-state index is 11.0. The molecule has 0 aliphatic heterocycles. The average molecular weight is 275 g/mol. The summed E-state index contributed by atoms with van der Waals surface area (Å²) >= 11 is 0. The normalized spacial score (nSPS) is 22.8. The summed E-state index contributed by atoms with van der Waals surface area (Å²) in [5, 5.41) is 12.6. The number of rotatable bonds is 4. The number of carbonyl (C=O) groups is 1. The van der Waals surface area contributed by atoms with Gasteiger partial charge >= 0.3 is 5.97 Å². The van der Waals surface area contributed by atoms with E-state index in [9.17, 15) is 4.79 Å². The lowest BCUT2D eigenvalue weighted by Crippen LogP contribution is -2.29. The van der Waals surface area contributed by atoms with Crippen molar-refractivity contribution in [1.82, 2.24) is 0 Å². The molecule has 1 aliphatic carbocycles. The number of aryl methyl sites for hydroxylation is 1. The van der Waals surface area contributed by atoms with Crippen molar-refractivity contribution >= 4 is 11.7 Å². The lowest BCUT2D eigenvalue weighted by Gasteiger charge is -2.33. The van der Waals surface area contributed by atoms with Crippen molar-refractivity contribution in [2.24, 2.45) is 11.8 Å². The summed E-state index contributed by atoms with van der Waals surface area (Å²) in [4.78, 5) is 11.0. The van der Waals surface area contributed by atoms with Gasteiger partial charge in [0, 0.05) is 11.7 Å². The molecule has 0 aromatic heterocycles. The predicted octanol–water partition coefficient (Wildman–Crippen LogP) is 4.32. The fourth-order valence-corrected chi connectivity index (χ4v) is 3.14. The minimum Gasteiger partial charge on any atom is -0.478 e. The van der Waals surface area contributed by atoms with E-state index in [0.29, 0.717) is 11.6 Å². The lowest BCUT2D eigenvalue weighted by atomic mass is 9.79. The molecule has 0 radical (unpaired) electrons. The third-order valence-electron chi connectivity index (χ3n) is 4.49. The van der Waals surface area contributed by atoms with E-state index >= 15 is 0 Å². The van der Waals surface area contributed by atoms with Crippen molar-refractivity contribution in [1.29, 1.82) is 0 Å². The molecule has 1 aromatic carbocycles. The van der Waals surface area contributed by atoms with Gasteiger partial charge < -0.3 is 10.4 Å². The smallest absolute Gasteiger partial charge is 0.335 e. The van der Waals surface area contributed by atoms with E-state index in [4.69, 9.17) is 5.11 Å². The van der Waals surface area contributed by atoms with E-state index in [2.05, 4.69) is 19.2 Å².